The van der Waals surface area contributed by atoms with Gasteiger partial charge in [-0.15, -0.1) is 0 Å². The van der Waals surface area contributed by atoms with Crippen LogP contribution in [-0.4, -0.2) is 119 Å². The van der Waals surface area contributed by atoms with E-state index in [2.05, 4.69) is 0 Å². The first kappa shape index (κ1) is 52.3. The minimum Gasteiger partial charge on any atom is -0.460 e. The number of piperidine rings is 1. The Balaban J connectivity index is 1.67. The molecule has 13 heteroatoms. The molecule has 0 radical (unpaired) electrons. The maximum atomic E-state index is 14.3. The molecule has 0 aromatic rings. The number of Topliss-reactive ketones (excluding diaryl/α,β-unsaturated/α-hetero) is 3. The molecule has 2 saturated heterocycles. The van der Waals surface area contributed by atoms with Crippen molar-refractivity contribution in [2.75, 3.05) is 20.8 Å². The van der Waals surface area contributed by atoms with Gasteiger partial charge < -0.3 is 39.2 Å². The molecule has 1 saturated carbocycles. The second-order valence-corrected chi connectivity index (χ2v) is 19.3. The number of rotatable bonds is 5. The topological polar surface area (TPSA) is 186 Å². The third-order valence-corrected chi connectivity index (χ3v) is 14.1. The van der Waals surface area contributed by atoms with E-state index in [1.165, 1.54) is 12.0 Å². The van der Waals surface area contributed by atoms with Gasteiger partial charge in [0.25, 0.3) is 11.7 Å². The van der Waals surface area contributed by atoms with E-state index in [0.29, 0.717) is 69.8 Å². The maximum Gasteiger partial charge on any atom is 0.329 e. The van der Waals surface area contributed by atoms with Crippen LogP contribution in [0.4, 0.5) is 0 Å². The third-order valence-electron chi connectivity index (χ3n) is 14.1. The number of hydrogen-bond acceptors (Lipinski definition) is 12. The van der Waals surface area contributed by atoms with Crippen LogP contribution in [0.1, 0.15) is 132 Å². The first-order valence-electron chi connectivity index (χ1n) is 23.4. The number of carbonyl (C=O) groups is 5. The minimum absolute atomic E-state index is 0.0501. The number of esters is 1. The molecule has 2 bridgehead atoms. The van der Waals surface area contributed by atoms with Gasteiger partial charge in [0.2, 0.25) is 5.79 Å². The number of fused-ring (bicyclic) bond motifs is 3. The number of allylic oxidation sites excluding steroid dienone is 7. The summed E-state index contributed by atoms with van der Waals surface area (Å²) in [5, 5.41) is 33.7. The Hall–Kier alpha value is -3.33. The second kappa shape index (κ2) is 24.3. The van der Waals surface area contributed by atoms with E-state index in [4.69, 9.17) is 18.9 Å². The van der Waals surface area contributed by atoms with Gasteiger partial charge in [-0.1, -0.05) is 76.6 Å². The molecule has 0 aromatic carbocycles. The highest BCUT2D eigenvalue weighted by atomic mass is 16.6. The zero-order chi connectivity index (χ0) is 46.6. The summed E-state index contributed by atoms with van der Waals surface area (Å²) < 4.78 is 23.5. The molecule has 354 valence electrons. The Kier molecular flexibility index (Phi) is 20.1. The molecule has 0 aromatic heterocycles. The first-order valence-corrected chi connectivity index (χ1v) is 23.4. The lowest BCUT2D eigenvalue weighted by Crippen LogP contribution is -2.60. The largest absolute Gasteiger partial charge is 0.460 e. The summed E-state index contributed by atoms with van der Waals surface area (Å²) in [4.78, 5) is 71.4. The Morgan fingerprint density at radius 3 is 2.32 bits per heavy atom. The van der Waals surface area contributed by atoms with Gasteiger partial charge in [0, 0.05) is 44.9 Å². The fourth-order valence-corrected chi connectivity index (χ4v) is 9.82. The van der Waals surface area contributed by atoms with Gasteiger partial charge >= 0.3 is 5.97 Å². The summed E-state index contributed by atoms with van der Waals surface area (Å²) in [5.74, 6) is -7.65. The average molecular weight is 884 g/mol. The highest BCUT2D eigenvalue weighted by molar-refractivity contribution is 6.39. The lowest BCUT2D eigenvalue weighted by molar-refractivity contribution is -0.263. The summed E-state index contributed by atoms with van der Waals surface area (Å²) in [5.41, 5.74) is 1.46. The van der Waals surface area contributed by atoms with Crippen molar-refractivity contribution in [1.29, 1.82) is 0 Å². The average Bonchev–Trinajstić information content (AvgIpc) is 3.26. The van der Waals surface area contributed by atoms with Crippen LogP contribution in [0.3, 0.4) is 0 Å². The summed E-state index contributed by atoms with van der Waals surface area (Å²) in [6.45, 7) is 12.9. The van der Waals surface area contributed by atoms with E-state index >= 15 is 0 Å². The summed E-state index contributed by atoms with van der Waals surface area (Å²) in [6.07, 6.45) is 13.1. The number of ether oxygens (including phenoxy) is 4. The molecule has 3 aliphatic heterocycles. The van der Waals surface area contributed by atoms with Gasteiger partial charge in [0.05, 0.1) is 18.3 Å². The fraction of sp³-hybridized carbons (Fsp3) is 0.740. The lowest BCUT2D eigenvalue weighted by atomic mass is 9.78. The minimum atomic E-state index is -2.36. The predicted octanol–water partition coefficient (Wildman–Crippen LogP) is 6.56. The molecule has 0 unspecified atom stereocenters. The molecule has 3 fully saturated rings. The molecular weight excluding hydrogens is 807 g/mol. The van der Waals surface area contributed by atoms with Crippen LogP contribution in [-0.2, 0) is 42.9 Å². The maximum absolute atomic E-state index is 14.3. The number of ketones is 3. The molecule has 0 spiro atoms. The SMILES string of the molecule is CO[C@@H]1C[C@H](C[C@H](C)[C@@H]2CC(=O)[C@H](C)/C=C(\C)[C@@H](O)[C@@H](OC)C(=O)[C@H](C)C[C@H](C)/C=C/C=C/C=C(\C)CC[C@@H]3CC[C@@H](C)[C@@](O)(O3)C(=O)C(=O)N3CCCC[C@H]3C(=O)O2)CC[C@H]1O. The lowest BCUT2D eigenvalue weighted by Gasteiger charge is -2.42. The Morgan fingerprint density at radius 2 is 1.62 bits per heavy atom. The van der Waals surface area contributed by atoms with Gasteiger partial charge in [-0.25, -0.2) is 4.79 Å². The molecular formula is C50H77NO12. The number of amides is 1. The first-order chi connectivity index (χ1) is 29.8. The molecule has 1 amide bonds. The van der Waals surface area contributed by atoms with Crippen molar-refractivity contribution in [2.24, 2.45) is 35.5 Å². The molecule has 13 nitrogen and oxygen atoms in total. The molecule has 4 aliphatic rings. The number of carbonyl (C=O) groups excluding carboxylic acids is 5. The normalized spacial score (nSPS) is 40.1. The summed E-state index contributed by atoms with van der Waals surface area (Å²) in [7, 11) is 2.95. The molecule has 3 N–H and O–H groups in total. The third kappa shape index (κ3) is 14.1. The van der Waals surface area contributed by atoms with E-state index in [1.54, 1.807) is 34.0 Å². The Labute approximate surface area is 375 Å². The van der Waals surface area contributed by atoms with Crippen molar-refractivity contribution in [3.63, 3.8) is 0 Å². The van der Waals surface area contributed by atoms with Crippen molar-refractivity contribution in [1.82, 2.24) is 4.90 Å². The Bertz CT molecular complexity index is 1700. The van der Waals surface area contributed by atoms with Gasteiger partial charge in [-0.3, -0.25) is 19.2 Å². The van der Waals surface area contributed by atoms with E-state index in [0.717, 1.165) is 12.0 Å². The van der Waals surface area contributed by atoms with Crippen LogP contribution >= 0.6 is 0 Å². The monoisotopic (exact) mass is 884 g/mol. The molecule has 63 heavy (non-hydrogen) atoms. The van der Waals surface area contributed by atoms with Crippen LogP contribution in [0, 0.1) is 35.5 Å². The summed E-state index contributed by atoms with van der Waals surface area (Å²) >= 11 is 0. The summed E-state index contributed by atoms with van der Waals surface area (Å²) in [6, 6.07) is -1.11. The number of methoxy groups -OCH3 is 2. The fourth-order valence-electron chi connectivity index (χ4n) is 9.82. The van der Waals surface area contributed by atoms with Crippen LogP contribution in [0.5, 0.6) is 0 Å². The van der Waals surface area contributed by atoms with Crippen molar-refractivity contribution in [2.45, 2.75) is 180 Å². The highest BCUT2D eigenvalue weighted by Gasteiger charge is 2.53. The van der Waals surface area contributed by atoms with Gasteiger partial charge in [0.1, 0.15) is 30.1 Å². The number of cyclic esters (lactones) is 1. The van der Waals surface area contributed by atoms with Crippen LogP contribution in [0.25, 0.3) is 0 Å². The van der Waals surface area contributed by atoms with Crippen molar-refractivity contribution >= 4 is 29.2 Å². The molecule has 3 heterocycles. The molecule has 1 aliphatic carbocycles. The Morgan fingerprint density at radius 1 is 0.889 bits per heavy atom. The smallest absolute Gasteiger partial charge is 0.329 e. The molecule has 14 atom stereocenters. The van der Waals surface area contributed by atoms with Crippen LogP contribution < -0.4 is 0 Å². The number of nitrogens with zero attached hydrogens (tertiary/aromatic N) is 1. The standard InChI is InChI=1S/C50H77NO12/c1-30-15-11-10-12-16-31(2)25-34(5)44(54)46(61-9)45(55)35(6)26-32(3)41(53)29-42(33(4)27-37-20-23-40(52)43(28-37)60-8)62-49(58)39-17-13-14-24-51(39)48(57)47(56)50(59)36(7)19-22-38(63-50)21-18-30/h10-12,15-16,26,31-34,36-40,42-43,45-46,52,55,59H,13-14,17-25,27-29H2,1-9H3/b11-10+,16-12+,30-15+,35-26+/t31-,32-,33+,34-,36-,37+,38-,39+,40-,42+,43-,45-,46+,50-/m1/s1. The zero-order valence-corrected chi connectivity index (χ0v) is 39.3. The molecule has 4 rings (SSSR count). The van der Waals surface area contributed by atoms with Gasteiger partial charge in [0.15, 0.2) is 5.78 Å². The van der Waals surface area contributed by atoms with Gasteiger partial charge in [-0.2, -0.15) is 0 Å². The van der Waals surface area contributed by atoms with Crippen molar-refractivity contribution in [3.05, 3.63) is 47.6 Å². The number of aliphatic hydroxyl groups is 3. The van der Waals surface area contributed by atoms with E-state index in [1.807, 2.05) is 58.1 Å². The van der Waals surface area contributed by atoms with E-state index in [-0.39, 0.29) is 54.8 Å². The second-order valence-electron chi connectivity index (χ2n) is 19.3. The van der Waals surface area contributed by atoms with Crippen LogP contribution in [0.2, 0.25) is 0 Å². The van der Waals surface area contributed by atoms with E-state index in [9.17, 15) is 39.3 Å². The predicted molar refractivity (Wildman–Crippen MR) is 239 cm³/mol. The zero-order valence-electron chi connectivity index (χ0n) is 39.3. The van der Waals surface area contributed by atoms with Crippen molar-refractivity contribution in [3.8, 4) is 0 Å². The number of hydrogen-bond donors (Lipinski definition) is 3. The highest BCUT2D eigenvalue weighted by Crippen LogP contribution is 2.37. The van der Waals surface area contributed by atoms with Crippen molar-refractivity contribution < 1.29 is 58.2 Å². The number of aliphatic hydroxyl groups excluding tert-OH is 2. The quantitative estimate of drug-likeness (QED) is 0.154. The van der Waals surface area contributed by atoms with Gasteiger partial charge in [-0.05, 0) is 114 Å². The van der Waals surface area contributed by atoms with Crippen LogP contribution in [0.15, 0.2) is 47.6 Å². The van der Waals surface area contributed by atoms with E-state index < -0.39 is 77.8 Å².